The average Bonchev–Trinajstić information content (AvgIpc) is 2.19. The number of halogens is 3. The van der Waals surface area contributed by atoms with Gasteiger partial charge in [0, 0.05) is 6.07 Å². The van der Waals surface area contributed by atoms with Crippen LogP contribution in [0.4, 0.5) is 8.78 Å². The van der Waals surface area contributed by atoms with E-state index in [1.54, 1.807) is 0 Å². The zero-order valence-electron chi connectivity index (χ0n) is 7.31. The van der Waals surface area contributed by atoms with Gasteiger partial charge in [-0.05, 0) is 6.07 Å². The molecule has 0 amide bonds. The van der Waals surface area contributed by atoms with Crippen LogP contribution in [0.25, 0.3) is 0 Å². The number of benzene rings is 1. The van der Waals surface area contributed by atoms with Crippen LogP contribution >= 0.6 is 15.9 Å². The quantitative estimate of drug-likeness (QED) is 0.620. The molecule has 1 aromatic carbocycles. The van der Waals surface area contributed by atoms with Crippen molar-refractivity contribution in [3.63, 3.8) is 0 Å². The molecule has 1 rings (SSSR count). The summed E-state index contributed by atoms with van der Waals surface area (Å²) in [6, 6.07) is 1.68. The van der Waals surface area contributed by atoms with Crippen molar-refractivity contribution in [3.8, 4) is 5.75 Å². The molecule has 0 fully saturated rings. The zero-order chi connectivity index (χ0) is 10.7. The average molecular weight is 265 g/mol. The fourth-order valence-corrected chi connectivity index (χ4v) is 1.27. The number of alkyl halides is 1. The first-order valence-electron chi connectivity index (χ1n) is 3.72. The van der Waals surface area contributed by atoms with Crippen molar-refractivity contribution < 1.29 is 18.3 Å². The number of carbonyl (C=O) groups excluding carboxylic acids is 1. The predicted octanol–water partition coefficient (Wildman–Crippen LogP) is 2.55. The second-order valence-electron chi connectivity index (χ2n) is 2.52. The first-order chi connectivity index (χ1) is 6.60. The molecule has 0 aliphatic carbocycles. The molecule has 1 aromatic rings. The normalized spacial score (nSPS) is 10.0. The summed E-state index contributed by atoms with van der Waals surface area (Å²) < 4.78 is 30.8. The van der Waals surface area contributed by atoms with Crippen molar-refractivity contribution in [1.82, 2.24) is 0 Å². The molecule has 76 valence electrons. The summed E-state index contributed by atoms with van der Waals surface area (Å²) in [7, 11) is 1.23. The number of rotatable bonds is 3. The highest BCUT2D eigenvalue weighted by atomic mass is 79.9. The van der Waals surface area contributed by atoms with Gasteiger partial charge in [0.15, 0.2) is 17.3 Å². The lowest BCUT2D eigenvalue weighted by Crippen LogP contribution is -2.05. The molecular formula is C9H7BrF2O2. The molecule has 0 aliphatic heterocycles. The van der Waals surface area contributed by atoms with E-state index in [1.807, 2.05) is 0 Å². The number of hydrogen-bond acceptors (Lipinski definition) is 2. The Morgan fingerprint density at radius 2 is 2.07 bits per heavy atom. The Bertz CT molecular complexity index is 366. The lowest BCUT2D eigenvalue weighted by atomic mass is 10.1. The molecule has 0 unspecified atom stereocenters. The molecule has 0 saturated heterocycles. The molecule has 0 aliphatic rings. The Morgan fingerprint density at radius 3 is 2.57 bits per heavy atom. The summed E-state index contributed by atoms with van der Waals surface area (Å²) in [5.41, 5.74) is -0.278. The van der Waals surface area contributed by atoms with Gasteiger partial charge in [-0.3, -0.25) is 4.79 Å². The van der Waals surface area contributed by atoms with E-state index in [2.05, 4.69) is 20.7 Å². The largest absolute Gasteiger partial charge is 0.494 e. The fraction of sp³-hybridized carbons (Fsp3) is 0.222. The Labute approximate surface area is 88.0 Å². The Balaban J connectivity index is 3.21. The van der Waals surface area contributed by atoms with Crippen molar-refractivity contribution in [3.05, 3.63) is 29.3 Å². The monoisotopic (exact) mass is 264 g/mol. The summed E-state index contributed by atoms with van der Waals surface area (Å²) in [5, 5.41) is -0.0459. The molecule has 2 nitrogen and oxygen atoms in total. The van der Waals surface area contributed by atoms with Gasteiger partial charge in [-0.1, -0.05) is 15.9 Å². The first kappa shape index (κ1) is 11.1. The standard InChI is InChI=1S/C9H7BrF2O2/c1-14-9-3-6(11)5(2-7(9)12)8(13)4-10/h2-3H,4H2,1H3. The molecule has 0 saturated carbocycles. The lowest BCUT2D eigenvalue weighted by molar-refractivity contribution is 0.101. The second kappa shape index (κ2) is 4.50. The van der Waals surface area contributed by atoms with Crippen molar-refractivity contribution in [2.45, 2.75) is 0 Å². The van der Waals surface area contributed by atoms with E-state index in [0.717, 1.165) is 12.1 Å². The van der Waals surface area contributed by atoms with E-state index in [4.69, 9.17) is 0 Å². The lowest BCUT2D eigenvalue weighted by Gasteiger charge is -2.04. The van der Waals surface area contributed by atoms with Crippen LogP contribution in [-0.4, -0.2) is 18.2 Å². The number of ketones is 1. The third-order valence-electron chi connectivity index (χ3n) is 1.66. The van der Waals surface area contributed by atoms with E-state index in [9.17, 15) is 13.6 Å². The minimum absolute atomic E-state index is 0.0459. The minimum Gasteiger partial charge on any atom is -0.494 e. The smallest absolute Gasteiger partial charge is 0.176 e. The van der Waals surface area contributed by atoms with Gasteiger partial charge in [-0.15, -0.1) is 0 Å². The van der Waals surface area contributed by atoms with Crippen LogP contribution in [-0.2, 0) is 0 Å². The predicted molar refractivity (Wildman–Crippen MR) is 51.0 cm³/mol. The van der Waals surface area contributed by atoms with Gasteiger partial charge in [0.2, 0.25) is 0 Å². The van der Waals surface area contributed by atoms with Gasteiger partial charge in [0.25, 0.3) is 0 Å². The molecule has 0 N–H and O–H groups in total. The van der Waals surface area contributed by atoms with Gasteiger partial charge in [-0.25, -0.2) is 8.78 Å². The van der Waals surface area contributed by atoms with Crippen LogP contribution in [0.3, 0.4) is 0 Å². The minimum atomic E-state index is -0.785. The highest BCUT2D eigenvalue weighted by Crippen LogP contribution is 2.21. The Morgan fingerprint density at radius 1 is 1.43 bits per heavy atom. The van der Waals surface area contributed by atoms with Crippen LogP contribution in [0.2, 0.25) is 0 Å². The van der Waals surface area contributed by atoms with Gasteiger partial charge < -0.3 is 4.74 Å². The number of ether oxygens (including phenoxy) is 1. The van der Waals surface area contributed by atoms with E-state index < -0.39 is 17.4 Å². The van der Waals surface area contributed by atoms with Crippen LogP contribution in [0, 0.1) is 11.6 Å². The highest BCUT2D eigenvalue weighted by Gasteiger charge is 2.15. The fourth-order valence-electron chi connectivity index (χ4n) is 0.971. The van der Waals surface area contributed by atoms with Crippen LogP contribution in [0.15, 0.2) is 12.1 Å². The van der Waals surface area contributed by atoms with Gasteiger partial charge >= 0.3 is 0 Å². The first-order valence-corrected chi connectivity index (χ1v) is 4.84. The maximum Gasteiger partial charge on any atom is 0.176 e. The summed E-state index contributed by atoms with van der Waals surface area (Å²) in [6.45, 7) is 0. The molecule has 14 heavy (non-hydrogen) atoms. The number of carbonyl (C=O) groups is 1. The van der Waals surface area contributed by atoms with Crippen LogP contribution in [0.5, 0.6) is 5.75 Å². The highest BCUT2D eigenvalue weighted by molar-refractivity contribution is 9.09. The van der Waals surface area contributed by atoms with E-state index in [1.165, 1.54) is 7.11 Å². The summed E-state index contributed by atoms with van der Waals surface area (Å²) >= 11 is 2.88. The molecular weight excluding hydrogens is 258 g/mol. The van der Waals surface area contributed by atoms with Crippen molar-refractivity contribution in [2.24, 2.45) is 0 Å². The molecule has 0 aromatic heterocycles. The van der Waals surface area contributed by atoms with E-state index >= 15 is 0 Å². The molecule has 0 heterocycles. The Kier molecular flexibility index (Phi) is 3.57. The van der Waals surface area contributed by atoms with Gasteiger partial charge in [0.05, 0.1) is 18.0 Å². The van der Waals surface area contributed by atoms with E-state index in [0.29, 0.717) is 0 Å². The van der Waals surface area contributed by atoms with Crippen molar-refractivity contribution in [2.75, 3.05) is 12.4 Å². The number of Topliss-reactive ketones (excluding diaryl/α,β-unsaturated/α-hetero) is 1. The molecule has 5 heteroatoms. The molecule has 0 spiro atoms. The maximum absolute atomic E-state index is 13.2. The second-order valence-corrected chi connectivity index (χ2v) is 3.08. The van der Waals surface area contributed by atoms with Crippen LogP contribution < -0.4 is 4.74 Å². The molecule has 0 radical (unpaired) electrons. The molecule has 0 bridgehead atoms. The Hall–Kier alpha value is -0.970. The van der Waals surface area contributed by atoms with Crippen molar-refractivity contribution in [1.29, 1.82) is 0 Å². The third kappa shape index (κ3) is 2.09. The summed E-state index contributed by atoms with van der Waals surface area (Å²) in [4.78, 5) is 11.1. The maximum atomic E-state index is 13.2. The molecule has 0 atom stereocenters. The topological polar surface area (TPSA) is 26.3 Å². The third-order valence-corrected chi connectivity index (χ3v) is 2.17. The van der Waals surface area contributed by atoms with Crippen molar-refractivity contribution >= 4 is 21.7 Å². The van der Waals surface area contributed by atoms with Gasteiger partial charge in [0.1, 0.15) is 5.82 Å². The number of hydrogen-bond donors (Lipinski definition) is 0. The summed E-state index contributed by atoms with van der Waals surface area (Å²) in [6.07, 6.45) is 0. The van der Waals surface area contributed by atoms with Crippen LogP contribution in [0.1, 0.15) is 10.4 Å². The summed E-state index contributed by atoms with van der Waals surface area (Å²) in [5.74, 6) is -2.26. The van der Waals surface area contributed by atoms with E-state index in [-0.39, 0.29) is 16.6 Å². The SMILES string of the molecule is COc1cc(F)c(C(=O)CBr)cc1F. The van der Waals surface area contributed by atoms with Gasteiger partial charge in [-0.2, -0.15) is 0 Å². The number of methoxy groups -OCH3 is 1. The zero-order valence-corrected chi connectivity index (χ0v) is 8.90.